The molecule has 0 aliphatic carbocycles. The molecule has 12 heteroatoms. The summed E-state index contributed by atoms with van der Waals surface area (Å²) in [5.41, 5.74) is 0.949. The lowest BCUT2D eigenvalue weighted by Gasteiger charge is -2.33. The Hall–Kier alpha value is -2.47. The molecule has 2 N–H and O–H groups in total. The highest BCUT2D eigenvalue weighted by molar-refractivity contribution is 7.08. The van der Waals surface area contributed by atoms with Crippen LogP contribution in [-0.2, 0) is 16.0 Å². The number of hydrogen-bond donors (Lipinski definition) is 2. The van der Waals surface area contributed by atoms with Crippen LogP contribution in [0.2, 0.25) is 0 Å². The first-order valence-electron chi connectivity index (χ1n) is 7.89. The zero-order valence-corrected chi connectivity index (χ0v) is 15.0. The number of aliphatic carboxylic acids is 1. The Morgan fingerprint density at radius 1 is 1.52 bits per heavy atom. The Bertz CT molecular complexity index is 763. The summed E-state index contributed by atoms with van der Waals surface area (Å²) in [6.45, 7) is 4.45. The van der Waals surface area contributed by atoms with Gasteiger partial charge in [-0.1, -0.05) is 12.1 Å². The summed E-state index contributed by atoms with van der Waals surface area (Å²) >= 11 is 1.59. The summed E-state index contributed by atoms with van der Waals surface area (Å²) in [4.78, 5) is 27.4. The topological polar surface area (TPSA) is 109 Å². The van der Waals surface area contributed by atoms with E-state index in [1.807, 2.05) is 16.8 Å². The van der Waals surface area contributed by atoms with Crippen LogP contribution < -0.4 is 5.32 Å². The number of carboxylic acids is 1. The number of carbonyl (C=O) groups is 2. The summed E-state index contributed by atoms with van der Waals surface area (Å²) in [5.74, 6) is -1.63. The van der Waals surface area contributed by atoms with Crippen molar-refractivity contribution >= 4 is 23.2 Å². The Morgan fingerprint density at radius 3 is 2.78 bits per heavy atom. The lowest BCUT2D eigenvalue weighted by Crippen LogP contribution is -2.55. The standard InChI is InChI=1S/C13H16N4O2S.C2HF3O2/c1-2-17-5-4-14-13(18)10(17)7-11-15-12(16-19-11)9-3-6-20-8-9;3-2(4,5)1(6)7/h3,6,8,10H,2,4-5,7H2,1H3,(H,14,18);(H,6,7). The molecule has 8 nitrogen and oxygen atoms in total. The predicted molar refractivity (Wildman–Crippen MR) is 89.1 cm³/mol. The van der Waals surface area contributed by atoms with Crippen LogP contribution in [0.1, 0.15) is 12.8 Å². The van der Waals surface area contributed by atoms with Gasteiger partial charge in [-0.25, -0.2) is 4.79 Å². The van der Waals surface area contributed by atoms with Gasteiger partial charge in [-0.2, -0.15) is 29.5 Å². The van der Waals surface area contributed by atoms with Gasteiger partial charge >= 0.3 is 12.1 Å². The fraction of sp³-hybridized carbons (Fsp3) is 0.467. The Morgan fingerprint density at radius 2 is 2.22 bits per heavy atom. The summed E-state index contributed by atoms with van der Waals surface area (Å²) in [7, 11) is 0. The van der Waals surface area contributed by atoms with Crippen molar-refractivity contribution in [3.05, 3.63) is 22.7 Å². The average molecular weight is 406 g/mol. The van der Waals surface area contributed by atoms with Crippen molar-refractivity contribution in [3.63, 3.8) is 0 Å². The molecule has 0 radical (unpaired) electrons. The largest absolute Gasteiger partial charge is 0.490 e. The summed E-state index contributed by atoms with van der Waals surface area (Å²) < 4.78 is 37.0. The molecule has 2 aromatic heterocycles. The number of halogens is 3. The highest BCUT2D eigenvalue weighted by Gasteiger charge is 2.38. The number of piperazine rings is 1. The number of amides is 1. The van der Waals surface area contributed by atoms with Gasteiger partial charge in [0.25, 0.3) is 0 Å². The zero-order chi connectivity index (χ0) is 20.0. The van der Waals surface area contributed by atoms with E-state index in [1.165, 1.54) is 0 Å². The number of alkyl halides is 3. The van der Waals surface area contributed by atoms with Crippen molar-refractivity contribution in [2.75, 3.05) is 19.6 Å². The van der Waals surface area contributed by atoms with Crippen LogP contribution in [0, 0.1) is 0 Å². The third-order valence-electron chi connectivity index (χ3n) is 3.71. The van der Waals surface area contributed by atoms with E-state index in [0.717, 1.165) is 18.7 Å². The first-order chi connectivity index (χ1) is 12.7. The van der Waals surface area contributed by atoms with Crippen LogP contribution in [0.15, 0.2) is 21.3 Å². The van der Waals surface area contributed by atoms with E-state index < -0.39 is 12.1 Å². The molecule has 0 spiro atoms. The highest BCUT2D eigenvalue weighted by Crippen LogP contribution is 2.20. The first-order valence-corrected chi connectivity index (χ1v) is 8.83. The molecule has 1 fully saturated rings. The maximum absolute atomic E-state index is 12.0. The van der Waals surface area contributed by atoms with Gasteiger partial charge in [0.2, 0.25) is 17.6 Å². The fourth-order valence-electron chi connectivity index (χ4n) is 2.37. The molecule has 1 unspecified atom stereocenters. The van der Waals surface area contributed by atoms with Crippen LogP contribution in [0.25, 0.3) is 11.4 Å². The van der Waals surface area contributed by atoms with Gasteiger partial charge in [0.05, 0.1) is 12.5 Å². The van der Waals surface area contributed by atoms with Gasteiger partial charge in [0.1, 0.15) is 0 Å². The van der Waals surface area contributed by atoms with Gasteiger partial charge in [0, 0.05) is 24.0 Å². The number of carboxylic acid groups (broad SMARTS) is 1. The Balaban J connectivity index is 0.000000321. The minimum Gasteiger partial charge on any atom is -0.475 e. The molecular formula is C15H17F3N4O4S. The minimum atomic E-state index is -5.08. The van der Waals surface area contributed by atoms with Crippen LogP contribution in [-0.4, -0.2) is 63.9 Å². The lowest BCUT2D eigenvalue weighted by atomic mass is 10.1. The molecule has 1 atom stereocenters. The maximum atomic E-state index is 12.0. The average Bonchev–Trinajstić information content (AvgIpc) is 3.27. The third kappa shape index (κ3) is 5.76. The van der Waals surface area contributed by atoms with Crippen molar-refractivity contribution in [2.24, 2.45) is 0 Å². The summed E-state index contributed by atoms with van der Waals surface area (Å²) in [6, 6.07) is 1.73. The summed E-state index contributed by atoms with van der Waals surface area (Å²) in [6.07, 6.45) is -4.63. The zero-order valence-electron chi connectivity index (χ0n) is 14.2. The maximum Gasteiger partial charge on any atom is 0.490 e. The van der Waals surface area contributed by atoms with Crippen LogP contribution in [0.3, 0.4) is 0 Å². The second-order valence-corrected chi connectivity index (χ2v) is 6.25. The van der Waals surface area contributed by atoms with Crippen molar-refractivity contribution in [1.82, 2.24) is 20.4 Å². The number of hydrogen-bond acceptors (Lipinski definition) is 7. The molecule has 1 amide bonds. The van der Waals surface area contributed by atoms with E-state index in [4.69, 9.17) is 14.4 Å². The molecule has 0 aromatic carbocycles. The van der Waals surface area contributed by atoms with Crippen LogP contribution >= 0.6 is 11.3 Å². The van der Waals surface area contributed by atoms with Crippen molar-refractivity contribution in [1.29, 1.82) is 0 Å². The predicted octanol–water partition coefficient (Wildman–Crippen LogP) is 1.79. The Kier molecular flexibility index (Phi) is 6.91. The van der Waals surface area contributed by atoms with E-state index >= 15 is 0 Å². The van der Waals surface area contributed by atoms with Gasteiger partial charge in [-0.15, -0.1) is 0 Å². The summed E-state index contributed by atoms with van der Waals surface area (Å²) in [5, 5.41) is 17.9. The quantitative estimate of drug-likeness (QED) is 0.797. The van der Waals surface area contributed by atoms with E-state index in [1.54, 1.807) is 11.3 Å². The molecule has 0 saturated carbocycles. The lowest BCUT2D eigenvalue weighted by molar-refractivity contribution is -0.192. The van der Waals surface area contributed by atoms with Crippen molar-refractivity contribution in [2.45, 2.75) is 25.6 Å². The molecule has 1 aliphatic rings. The van der Waals surface area contributed by atoms with E-state index in [0.29, 0.717) is 24.7 Å². The van der Waals surface area contributed by atoms with E-state index in [2.05, 4.69) is 27.3 Å². The molecule has 0 bridgehead atoms. The van der Waals surface area contributed by atoms with Gasteiger partial charge < -0.3 is 14.9 Å². The molecule has 2 aromatic rings. The fourth-order valence-corrected chi connectivity index (χ4v) is 3.01. The SMILES string of the molecule is CCN1CCNC(=O)C1Cc1nc(-c2ccsc2)no1.O=C(O)C(F)(F)F. The third-order valence-corrected chi connectivity index (χ3v) is 4.39. The van der Waals surface area contributed by atoms with Gasteiger partial charge in [-0.3, -0.25) is 9.69 Å². The molecule has 148 valence electrons. The van der Waals surface area contributed by atoms with Crippen LogP contribution in [0.4, 0.5) is 13.2 Å². The van der Waals surface area contributed by atoms with Crippen molar-refractivity contribution < 1.29 is 32.4 Å². The second kappa shape index (κ2) is 8.95. The van der Waals surface area contributed by atoms with Gasteiger partial charge in [0.15, 0.2) is 0 Å². The molecule has 27 heavy (non-hydrogen) atoms. The number of nitrogens with one attached hydrogen (secondary N) is 1. The smallest absolute Gasteiger partial charge is 0.475 e. The van der Waals surface area contributed by atoms with Crippen LogP contribution in [0.5, 0.6) is 0 Å². The number of likely N-dealkylation sites (N-methyl/N-ethyl adjacent to an activating group) is 1. The first kappa shape index (κ1) is 20.8. The second-order valence-electron chi connectivity index (χ2n) is 5.47. The minimum absolute atomic E-state index is 0.0355. The normalized spacial score (nSPS) is 17.8. The molecule has 3 rings (SSSR count). The number of carbonyl (C=O) groups excluding carboxylic acids is 1. The molecule has 3 heterocycles. The molecular weight excluding hydrogens is 389 g/mol. The number of rotatable bonds is 4. The Labute approximate surface area is 156 Å². The molecule has 1 saturated heterocycles. The van der Waals surface area contributed by atoms with E-state index in [-0.39, 0.29) is 11.9 Å². The monoisotopic (exact) mass is 406 g/mol. The number of aromatic nitrogens is 2. The number of nitrogens with zero attached hydrogens (tertiary/aromatic N) is 3. The van der Waals surface area contributed by atoms with Gasteiger partial charge in [-0.05, 0) is 18.0 Å². The number of thiophene rings is 1. The highest BCUT2D eigenvalue weighted by atomic mass is 32.1. The van der Waals surface area contributed by atoms with E-state index in [9.17, 15) is 18.0 Å². The van der Waals surface area contributed by atoms with Crippen molar-refractivity contribution in [3.8, 4) is 11.4 Å². The molecule has 1 aliphatic heterocycles.